The van der Waals surface area contributed by atoms with E-state index in [1.807, 2.05) is 18.2 Å². The number of allylic oxidation sites excluding steroid dienone is 2. The lowest BCUT2D eigenvalue weighted by molar-refractivity contribution is 0.0229. The summed E-state index contributed by atoms with van der Waals surface area (Å²) in [5.74, 6) is -1.83. The Labute approximate surface area is 180 Å². The third-order valence-electron chi connectivity index (χ3n) is 5.50. The van der Waals surface area contributed by atoms with E-state index in [-0.39, 0.29) is 24.4 Å². The molecule has 0 unspecified atom stereocenters. The molecule has 0 spiro atoms. The van der Waals surface area contributed by atoms with Crippen LogP contribution in [0, 0.1) is 51.1 Å². The SMILES string of the molecule is CC(C)(C)OC(=O)N1CC=C2[C@H](C1)[C@@H](c1cccc(F)c1)C(C#N)=C(N)C2(C#N)C#N. The molecule has 2 N–H and O–H groups in total. The molecule has 0 aromatic heterocycles. The zero-order valence-corrected chi connectivity index (χ0v) is 17.5. The molecule has 1 aromatic carbocycles. The van der Waals surface area contributed by atoms with Crippen LogP contribution in [0.3, 0.4) is 0 Å². The third kappa shape index (κ3) is 3.71. The summed E-state index contributed by atoms with van der Waals surface area (Å²) >= 11 is 0. The summed E-state index contributed by atoms with van der Waals surface area (Å²) in [6.45, 7) is 5.46. The Balaban J connectivity index is 2.18. The molecule has 8 heteroatoms. The zero-order chi connectivity index (χ0) is 23.0. The van der Waals surface area contributed by atoms with E-state index in [0.717, 1.165) is 0 Å². The van der Waals surface area contributed by atoms with Gasteiger partial charge in [-0.3, -0.25) is 0 Å². The van der Waals surface area contributed by atoms with E-state index in [1.165, 1.54) is 23.1 Å². The van der Waals surface area contributed by atoms with Gasteiger partial charge in [0.25, 0.3) is 0 Å². The second-order valence-electron chi connectivity index (χ2n) is 8.60. The Morgan fingerprint density at radius 1 is 1.29 bits per heavy atom. The number of hydrogen-bond acceptors (Lipinski definition) is 6. The fourth-order valence-corrected chi connectivity index (χ4v) is 4.19. The lowest BCUT2D eigenvalue weighted by Crippen LogP contribution is -2.49. The van der Waals surface area contributed by atoms with E-state index in [0.29, 0.717) is 11.1 Å². The predicted octanol–water partition coefficient (Wildman–Crippen LogP) is 3.49. The van der Waals surface area contributed by atoms with Crippen LogP contribution in [0.5, 0.6) is 0 Å². The second-order valence-corrected chi connectivity index (χ2v) is 8.60. The molecule has 0 radical (unpaired) electrons. The topological polar surface area (TPSA) is 127 Å². The number of halogens is 1. The van der Waals surface area contributed by atoms with Crippen LogP contribution in [-0.2, 0) is 4.74 Å². The number of benzene rings is 1. The number of ether oxygens (including phenoxy) is 1. The maximum Gasteiger partial charge on any atom is 0.410 e. The summed E-state index contributed by atoms with van der Waals surface area (Å²) in [4.78, 5) is 14.1. The van der Waals surface area contributed by atoms with Gasteiger partial charge in [-0.05, 0) is 44.0 Å². The van der Waals surface area contributed by atoms with Crippen molar-refractivity contribution in [2.75, 3.05) is 13.1 Å². The molecule has 3 rings (SSSR count). The highest BCUT2D eigenvalue weighted by atomic mass is 19.1. The van der Waals surface area contributed by atoms with E-state index >= 15 is 0 Å². The molecule has 1 aliphatic heterocycles. The molecule has 0 fully saturated rings. The Morgan fingerprint density at radius 2 is 1.97 bits per heavy atom. The van der Waals surface area contributed by atoms with E-state index in [9.17, 15) is 25.0 Å². The van der Waals surface area contributed by atoms with Crippen molar-refractivity contribution in [3.8, 4) is 18.2 Å². The van der Waals surface area contributed by atoms with Crippen molar-refractivity contribution in [2.45, 2.75) is 32.3 Å². The molecule has 0 saturated heterocycles. The number of nitrogens with two attached hydrogens (primary N) is 1. The fraction of sp³-hybridized carbons (Fsp3) is 0.391. The van der Waals surface area contributed by atoms with Gasteiger partial charge in [0.1, 0.15) is 11.4 Å². The van der Waals surface area contributed by atoms with Crippen LogP contribution >= 0.6 is 0 Å². The average Bonchev–Trinajstić information content (AvgIpc) is 2.71. The minimum atomic E-state index is -1.82. The van der Waals surface area contributed by atoms with Gasteiger partial charge in [-0.15, -0.1) is 0 Å². The number of carbonyl (C=O) groups excluding carboxylic acids is 1. The number of rotatable bonds is 1. The maximum atomic E-state index is 14.0. The highest BCUT2D eigenvalue weighted by molar-refractivity contribution is 5.70. The first kappa shape index (κ1) is 21.9. The summed E-state index contributed by atoms with van der Waals surface area (Å²) in [5, 5.41) is 29.7. The van der Waals surface area contributed by atoms with Crippen molar-refractivity contribution in [1.82, 2.24) is 4.90 Å². The van der Waals surface area contributed by atoms with Gasteiger partial charge >= 0.3 is 6.09 Å². The molecule has 1 aliphatic carbocycles. The number of fused-ring (bicyclic) bond motifs is 1. The van der Waals surface area contributed by atoms with Crippen molar-refractivity contribution in [1.29, 1.82) is 15.8 Å². The summed E-state index contributed by atoms with van der Waals surface area (Å²) < 4.78 is 19.5. The average molecular weight is 419 g/mol. The van der Waals surface area contributed by atoms with Crippen molar-refractivity contribution < 1.29 is 13.9 Å². The quantitative estimate of drug-likeness (QED) is 0.694. The number of nitrogens with zero attached hydrogens (tertiary/aromatic N) is 4. The van der Waals surface area contributed by atoms with E-state index in [1.54, 1.807) is 32.9 Å². The normalized spacial score (nSPS) is 22.4. The largest absolute Gasteiger partial charge is 0.444 e. The van der Waals surface area contributed by atoms with Crippen LogP contribution in [0.2, 0.25) is 0 Å². The van der Waals surface area contributed by atoms with Crippen LogP contribution in [0.4, 0.5) is 9.18 Å². The molecular weight excluding hydrogens is 397 g/mol. The first-order chi connectivity index (χ1) is 14.6. The summed E-state index contributed by atoms with van der Waals surface area (Å²) in [5.41, 5.74) is 4.46. The zero-order valence-electron chi connectivity index (χ0n) is 17.5. The van der Waals surface area contributed by atoms with Gasteiger partial charge in [0.15, 0.2) is 0 Å². The molecular formula is C23H22FN5O2. The molecule has 0 bridgehead atoms. The molecule has 0 saturated carbocycles. The van der Waals surface area contributed by atoms with Gasteiger partial charge in [-0.25, -0.2) is 9.18 Å². The Morgan fingerprint density at radius 3 is 2.52 bits per heavy atom. The van der Waals surface area contributed by atoms with E-state index in [2.05, 4.69) is 0 Å². The Kier molecular flexibility index (Phi) is 5.49. The van der Waals surface area contributed by atoms with Crippen molar-refractivity contribution >= 4 is 6.09 Å². The number of amides is 1. The smallest absolute Gasteiger partial charge is 0.410 e. The van der Waals surface area contributed by atoms with Gasteiger partial charge in [-0.1, -0.05) is 18.2 Å². The van der Waals surface area contributed by atoms with Crippen LogP contribution in [0.1, 0.15) is 32.3 Å². The van der Waals surface area contributed by atoms with Gasteiger partial charge in [0.05, 0.1) is 29.5 Å². The molecule has 7 nitrogen and oxygen atoms in total. The monoisotopic (exact) mass is 419 g/mol. The van der Waals surface area contributed by atoms with Gasteiger partial charge in [0, 0.05) is 24.9 Å². The van der Waals surface area contributed by atoms with Gasteiger partial charge in [0.2, 0.25) is 5.41 Å². The van der Waals surface area contributed by atoms with Crippen molar-refractivity contribution in [2.24, 2.45) is 17.1 Å². The number of carbonyl (C=O) groups is 1. The highest BCUT2D eigenvalue weighted by Gasteiger charge is 2.53. The lowest BCUT2D eigenvalue weighted by Gasteiger charge is -2.45. The van der Waals surface area contributed by atoms with Gasteiger partial charge in [-0.2, -0.15) is 15.8 Å². The lowest BCUT2D eigenvalue weighted by atomic mass is 9.60. The summed E-state index contributed by atoms with van der Waals surface area (Å²) in [7, 11) is 0. The van der Waals surface area contributed by atoms with E-state index in [4.69, 9.17) is 10.5 Å². The van der Waals surface area contributed by atoms with Crippen molar-refractivity contribution in [3.05, 3.63) is 58.6 Å². The maximum absolute atomic E-state index is 14.0. The summed E-state index contributed by atoms with van der Waals surface area (Å²) in [6, 6.07) is 11.7. The number of nitriles is 3. The minimum absolute atomic E-state index is 0.0295. The minimum Gasteiger partial charge on any atom is -0.444 e. The van der Waals surface area contributed by atoms with Gasteiger partial charge < -0.3 is 15.4 Å². The molecule has 1 amide bonds. The molecule has 2 atom stereocenters. The standard InChI is InChI=1S/C23H22FN5O2/c1-22(2,3)31-21(30)29-8-7-18-17(11-29)19(14-5-4-6-15(24)9-14)16(10-25)20(28)23(18,12-26)13-27/h4-7,9,17,19H,8,11,28H2,1-3H3/t17-,19-/m0/s1. The van der Waals surface area contributed by atoms with Crippen LogP contribution in [-0.4, -0.2) is 29.7 Å². The molecule has 31 heavy (non-hydrogen) atoms. The molecule has 1 heterocycles. The highest BCUT2D eigenvalue weighted by Crippen LogP contribution is 2.52. The predicted molar refractivity (Wildman–Crippen MR) is 109 cm³/mol. The van der Waals surface area contributed by atoms with Crippen molar-refractivity contribution in [3.63, 3.8) is 0 Å². The molecule has 158 valence electrons. The Hall–Kier alpha value is -3.83. The molecule has 1 aromatic rings. The van der Waals surface area contributed by atoms with Crippen LogP contribution < -0.4 is 5.73 Å². The second kappa shape index (κ2) is 7.78. The third-order valence-corrected chi connectivity index (χ3v) is 5.50. The van der Waals surface area contributed by atoms with Crippen LogP contribution in [0.25, 0.3) is 0 Å². The molecule has 2 aliphatic rings. The first-order valence-corrected chi connectivity index (χ1v) is 9.74. The fourth-order valence-electron chi connectivity index (χ4n) is 4.19. The Bertz CT molecular complexity index is 1100. The number of hydrogen-bond donors (Lipinski definition) is 1. The first-order valence-electron chi connectivity index (χ1n) is 9.74. The summed E-state index contributed by atoms with van der Waals surface area (Å²) in [6.07, 6.45) is 1.07. The van der Waals surface area contributed by atoms with Crippen LogP contribution in [0.15, 0.2) is 47.2 Å². The van der Waals surface area contributed by atoms with E-state index < -0.39 is 34.8 Å².